The molecule has 0 aromatic heterocycles. The Kier molecular flexibility index (Phi) is 8.00. The number of benzene rings is 2. The maximum absolute atomic E-state index is 12.9. The van der Waals surface area contributed by atoms with Gasteiger partial charge < -0.3 is 9.64 Å². The molecule has 2 aliphatic rings. The molecule has 7 nitrogen and oxygen atoms in total. The zero-order valence-electron chi connectivity index (χ0n) is 19.4. The summed E-state index contributed by atoms with van der Waals surface area (Å²) in [4.78, 5) is 26.6. The highest BCUT2D eigenvalue weighted by Crippen LogP contribution is 2.21. The normalized spacial score (nSPS) is 17.0. The second-order valence-corrected chi connectivity index (χ2v) is 10.9. The third kappa shape index (κ3) is 6.04. The molecule has 182 valence electrons. The summed E-state index contributed by atoms with van der Waals surface area (Å²) in [6.45, 7) is 2.05. The third-order valence-corrected chi connectivity index (χ3v) is 8.50. The number of sulfonamides is 1. The first-order valence-electron chi connectivity index (χ1n) is 12.0. The minimum atomic E-state index is -3.48. The lowest BCUT2D eigenvalue weighted by molar-refractivity contribution is -0.152. The number of amides is 1. The van der Waals surface area contributed by atoms with E-state index in [4.69, 9.17) is 4.74 Å². The van der Waals surface area contributed by atoms with Crippen molar-refractivity contribution in [2.45, 2.75) is 56.4 Å². The van der Waals surface area contributed by atoms with Crippen LogP contribution in [0.4, 0.5) is 0 Å². The second-order valence-electron chi connectivity index (χ2n) is 8.96. The summed E-state index contributed by atoms with van der Waals surface area (Å²) >= 11 is 0. The van der Waals surface area contributed by atoms with Gasteiger partial charge in [0.05, 0.1) is 4.90 Å². The number of rotatable bonds is 7. The Bertz CT molecular complexity index is 1110. The van der Waals surface area contributed by atoms with Gasteiger partial charge in [-0.3, -0.25) is 9.59 Å². The number of esters is 1. The van der Waals surface area contributed by atoms with Crippen molar-refractivity contribution in [1.82, 2.24) is 9.21 Å². The van der Waals surface area contributed by atoms with Crippen LogP contribution in [0.2, 0.25) is 0 Å². The van der Waals surface area contributed by atoms with Crippen LogP contribution in [0.3, 0.4) is 0 Å². The molecular formula is C26H32N2O5S. The Balaban J connectivity index is 1.23. The average molecular weight is 485 g/mol. The third-order valence-electron chi connectivity index (χ3n) is 6.58. The highest BCUT2D eigenvalue weighted by Gasteiger charge is 2.25. The average Bonchev–Trinajstić information content (AvgIpc) is 3.16. The maximum atomic E-state index is 12.9. The molecule has 2 aromatic carbocycles. The van der Waals surface area contributed by atoms with Gasteiger partial charge in [-0.25, -0.2) is 8.42 Å². The molecular weight excluding hydrogens is 452 g/mol. The molecule has 1 fully saturated rings. The number of fused-ring (bicyclic) bond motifs is 1. The van der Waals surface area contributed by atoms with Gasteiger partial charge in [0.25, 0.3) is 5.91 Å². The van der Waals surface area contributed by atoms with Crippen molar-refractivity contribution in [1.29, 1.82) is 0 Å². The van der Waals surface area contributed by atoms with E-state index in [0.717, 1.165) is 43.2 Å². The number of hydrogen-bond acceptors (Lipinski definition) is 5. The van der Waals surface area contributed by atoms with Crippen molar-refractivity contribution in [2.75, 3.05) is 26.2 Å². The largest absolute Gasteiger partial charge is 0.456 e. The molecule has 2 aliphatic heterocycles. The predicted octanol–water partition coefficient (Wildman–Crippen LogP) is 3.31. The van der Waals surface area contributed by atoms with E-state index in [-0.39, 0.29) is 23.8 Å². The molecule has 34 heavy (non-hydrogen) atoms. The van der Waals surface area contributed by atoms with Gasteiger partial charge >= 0.3 is 5.97 Å². The Hall–Kier alpha value is -2.71. The van der Waals surface area contributed by atoms with Crippen LogP contribution in [-0.4, -0.2) is 55.7 Å². The van der Waals surface area contributed by atoms with E-state index in [1.807, 2.05) is 18.2 Å². The van der Waals surface area contributed by atoms with E-state index in [1.165, 1.54) is 5.56 Å². The van der Waals surface area contributed by atoms with Crippen LogP contribution in [-0.2, 0) is 43.7 Å². The van der Waals surface area contributed by atoms with Gasteiger partial charge in [0.1, 0.15) is 0 Å². The number of carbonyl (C=O) groups excluding carboxylic acids is 2. The van der Waals surface area contributed by atoms with Crippen molar-refractivity contribution < 1.29 is 22.7 Å². The maximum Gasteiger partial charge on any atom is 0.306 e. The van der Waals surface area contributed by atoms with Crippen LogP contribution >= 0.6 is 0 Å². The molecule has 0 spiro atoms. The van der Waals surface area contributed by atoms with Crippen molar-refractivity contribution in [3.05, 3.63) is 65.2 Å². The standard InChI is InChI=1S/C26H32N2O5S/c29-25(27-18-15-22-7-3-4-8-23(22)19-27)20-33-26(30)14-11-21-9-12-24(13-10-21)34(31,32)28-16-5-1-2-6-17-28/h3-4,7-10,12-13H,1-2,5-6,11,14-20H2. The summed E-state index contributed by atoms with van der Waals surface area (Å²) in [6, 6.07) is 14.8. The highest BCUT2D eigenvalue weighted by molar-refractivity contribution is 7.89. The van der Waals surface area contributed by atoms with Crippen molar-refractivity contribution in [2.24, 2.45) is 0 Å². The lowest BCUT2D eigenvalue weighted by Gasteiger charge is -2.28. The Morgan fingerprint density at radius 1 is 0.853 bits per heavy atom. The molecule has 4 rings (SSSR count). The van der Waals surface area contributed by atoms with Gasteiger partial charge in [0.2, 0.25) is 10.0 Å². The van der Waals surface area contributed by atoms with E-state index in [0.29, 0.717) is 32.6 Å². The van der Waals surface area contributed by atoms with Gasteiger partial charge in [0.15, 0.2) is 6.61 Å². The van der Waals surface area contributed by atoms with Gasteiger partial charge in [-0.1, -0.05) is 49.2 Å². The van der Waals surface area contributed by atoms with Gasteiger partial charge in [0, 0.05) is 32.6 Å². The molecule has 0 radical (unpaired) electrons. The fraction of sp³-hybridized carbons (Fsp3) is 0.462. The molecule has 1 saturated heterocycles. The molecule has 8 heteroatoms. The molecule has 2 heterocycles. The molecule has 0 bridgehead atoms. The second kappa shape index (κ2) is 11.1. The first-order chi connectivity index (χ1) is 16.4. The summed E-state index contributed by atoms with van der Waals surface area (Å²) in [5.74, 6) is -0.627. The SMILES string of the molecule is O=C(CCc1ccc(S(=O)(=O)N2CCCCCC2)cc1)OCC(=O)N1CCc2ccccc2C1. The Labute approximate surface area is 201 Å². The molecule has 2 aromatic rings. The fourth-order valence-corrected chi connectivity index (χ4v) is 6.04. The number of ether oxygens (including phenoxy) is 1. The van der Waals surface area contributed by atoms with Crippen molar-refractivity contribution >= 4 is 21.9 Å². The first-order valence-corrected chi connectivity index (χ1v) is 13.5. The van der Waals surface area contributed by atoms with Crippen LogP contribution in [0.25, 0.3) is 0 Å². The zero-order chi connectivity index (χ0) is 24.0. The van der Waals surface area contributed by atoms with Crippen molar-refractivity contribution in [3.63, 3.8) is 0 Å². The summed E-state index contributed by atoms with van der Waals surface area (Å²) < 4.78 is 32.5. The van der Waals surface area contributed by atoms with Crippen LogP contribution in [0.1, 0.15) is 48.8 Å². The van der Waals surface area contributed by atoms with E-state index in [2.05, 4.69) is 6.07 Å². The van der Waals surface area contributed by atoms with Crippen LogP contribution < -0.4 is 0 Å². The summed E-state index contributed by atoms with van der Waals surface area (Å²) in [7, 11) is -3.48. The fourth-order valence-electron chi connectivity index (χ4n) is 4.52. The van der Waals surface area contributed by atoms with Gasteiger partial charge in [-0.2, -0.15) is 4.31 Å². The quantitative estimate of drug-likeness (QED) is 0.563. The highest BCUT2D eigenvalue weighted by atomic mass is 32.2. The smallest absolute Gasteiger partial charge is 0.306 e. The van der Waals surface area contributed by atoms with Crippen LogP contribution in [0, 0.1) is 0 Å². The lowest BCUT2D eigenvalue weighted by Crippen LogP contribution is -2.38. The minimum Gasteiger partial charge on any atom is -0.456 e. The van der Waals surface area contributed by atoms with Crippen molar-refractivity contribution in [3.8, 4) is 0 Å². The molecule has 0 N–H and O–H groups in total. The zero-order valence-corrected chi connectivity index (χ0v) is 20.3. The number of nitrogens with zero attached hydrogens (tertiary/aromatic N) is 2. The monoisotopic (exact) mass is 484 g/mol. The van der Waals surface area contributed by atoms with E-state index >= 15 is 0 Å². The van der Waals surface area contributed by atoms with E-state index in [9.17, 15) is 18.0 Å². The summed E-state index contributed by atoms with van der Waals surface area (Å²) in [5, 5.41) is 0. The minimum absolute atomic E-state index is 0.133. The van der Waals surface area contributed by atoms with Gasteiger partial charge in [-0.05, 0) is 54.5 Å². The molecule has 0 unspecified atom stereocenters. The van der Waals surface area contributed by atoms with E-state index in [1.54, 1.807) is 33.5 Å². The van der Waals surface area contributed by atoms with Crippen LogP contribution in [0.5, 0.6) is 0 Å². The molecule has 1 amide bonds. The van der Waals surface area contributed by atoms with Gasteiger partial charge in [-0.15, -0.1) is 0 Å². The topological polar surface area (TPSA) is 84.0 Å². The first kappa shape index (κ1) is 24.4. The Morgan fingerprint density at radius 3 is 2.24 bits per heavy atom. The number of hydrogen-bond donors (Lipinski definition) is 0. The molecule has 0 aliphatic carbocycles. The molecule has 0 saturated carbocycles. The summed E-state index contributed by atoms with van der Waals surface area (Å²) in [6.07, 6.45) is 5.29. The Morgan fingerprint density at radius 2 is 1.53 bits per heavy atom. The summed E-state index contributed by atoms with van der Waals surface area (Å²) in [5.41, 5.74) is 3.24. The van der Waals surface area contributed by atoms with E-state index < -0.39 is 16.0 Å². The number of aryl methyl sites for hydroxylation is 1. The molecule has 0 atom stereocenters. The predicted molar refractivity (Wildman–Crippen MR) is 129 cm³/mol. The number of carbonyl (C=O) groups is 2. The van der Waals surface area contributed by atoms with Crippen LogP contribution in [0.15, 0.2) is 53.4 Å². The lowest BCUT2D eigenvalue weighted by atomic mass is 10.00.